The van der Waals surface area contributed by atoms with Crippen LogP contribution >= 0.6 is 0 Å². The molecule has 2 aliphatic rings. The van der Waals surface area contributed by atoms with Gasteiger partial charge in [0.25, 0.3) is 5.91 Å². The van der Waals surface area contributed by atoms with Crippen molar-refractivity contribution in [3.05, 3.63) is 71.3 Å². The summed E-state index contributed by atoms with van der Waals surface area (Å²) in [5, 5.41) is 0. The number of rotatable bonds is 4. The minimum absolute atomic E-state index is 0.0903. The molecule has 4 rings (SSSR count). The van der Waals surface area contributed by atoms with E-state index in [1.165, 1.54) is 12.1 Å². The predicted octanol–water partition coefficient (Wildman–Crippen LogP) is 4.30. The van der Waals surface area contributed by atoms with Crippen LogP contribution in [-0.2, 0) is 20.6 Å². The third kappa shape index (κ3) is 4.40. The van der Waals surface area contributed by atoms with Crippen molar-refractivity contribution in [3.8, 4) is 0 Å². The van der Waals surface area contributed by atoms with Crippen molar-refractivity contribution >= 4 is 17.7 Å². The van der Waals surface area contributed by atoms with Gasteiger partial charge < -0.3 is 4.90 Å². The first-order chi connectivity index (χ1) is 15.3. The highest BCUT2D eigenvalue weighted by Crippen LogP contribution is 2.35. The SMILES string of the molecule is O=C(C(c1ccccc1)N1C(=O)CCC1=O)N1CCC(c2cccc(C(F)(F)F)c2)CC1. The van der Waals surface area contributed by atoms with Crippen LogP contribution in [0.4, 0.5) is 13.2 Å². The zero-order valence-corrected chi connectivity index (χ0v) is 17.3. The summed E-state index contributed by atoms with van der Waals surface area (Å²) in [6.07, 6.45) is -3.20. The van der Waals surface area contributed by atoms with E-state index >= 15 is 0 Å². The molecule has 2 aliphatic heterocycles. The minimum Gasteiger partial charge on any atom is -0.341 e. The van der Waals surface area contributed by atoms with Gasteiger partial charge in [-0.3, -0.25) is 19.3 Å². The van der Waals surface area contributed by atoms with Gasteiger partial charge in [-0.25, -0.2) is 0 Å². The molecule has 0 radical (unpaired) electrons. The highest BCUT2D eigenvalue weighted by Gasteiger charge is 2.42. The van der Waals surface area contributed by atoms with Gasteiger partial charge in [0.05, 0.1) is 5.56 Å². The molecule has 0 spiro atoms. The van der Waals surface area contributed by atoms with E-state index in [9.17, 15) is 27.6 Å². The second-order valence-electron chi connectivity index (χ2n) is 8.19. The fourth-order valence-electron chi connectivity index (χ4n) is 4.49. The number of benzene rings is 2. The lowest BCUT2D eigenvalue weighted by atomic mass is 9.88. The Morgan fingerprint density at radius 2 is 1.53 bits per heavy atom. The van der Waals surface area contributed by atoms with Crippen LogP contribution in [0, 0.1) is 0 Å². The van der Waals surface area contributed by atoms with Crippen molar-refractivity contribution in [2.24, 2.45) is 0 Å². The molecule has 8 heteroatoms. The molecule has 5 nitrogen and oxygen atoms in total. The quantitative estimate of drug-likeness (QED) is 0.661. The largest absolute Gasteiger partial charge is 0.416 e. The number of carbonyl (C=O) groups excluding carboxylic acids is 3. The van der Waals surface area contributed by atoms with E-state index < -0.39 is 17.8 Å². The van der Waals surface area contributed by atoms with Gasteiger partial charge in [-0.15, -0.1) is 0 Å². The molecule has 2 heterocycles. The molecule has 2 aromatic carbocycles. The van der Waals surface area contributed by atoms with Crippen LogP contribution in [0.15, 0.2) is 54.6 Å². The van der Waals surface area contributed by atoms with Crippen LogP contribution < -0.4 is 0 Å². The van der Waals surface area contributed by atoms with Crippen molar-refractivity contribution < 1.29 is 27.6 Å². The monoisotopic (exact) mass is 444 g/mol. The Kier molecular flexibility index (Phi) is 6.04. The summed E-state index contributed by atoms with van der Waals surface area (Å²) >= 11 is 0. The van der Waals surface area contributed by atoms with Gasteiger partial charge in [0.2, 0.25) is 11.8 Å². The van der Waals surface area contributed by atoms with Gasteiger partial charge in [-0.1, -0.05) is 48.5 Å². The van der Waals surface area contributed by atoms with Gasteiger partial charge in [0.1, 0.15) is 6.04 Å². The predicted molar refractivity (Wildman–Crippen MR) is 110 cm³/mol. The van der Waals surface area contributed by atoms with Gasteiger partial charge >= 0.3 is 6.18 Å². The number of carbonyl (C=O) groups is 3. The molecule has 0 bridgehead atoms. The highest BCUT2D eigenvalue weighted by molar-refractivity contribution is 6.05. The maximum atomic E-state index is 13.4. The van der Waals surface area contributed by atoms with Gasteiger partial charge in [-0.05, 0) is 36.0 Å². The zero-order valence-electron chi connectivity index (χ0n) is 17.3. The Balaban J connectivity index is 1.51. The average Bonchev–Trinajstić information content (AvgIpc) is 3.12. The molecule has 32 heavy (non-hydrogen) atoms. The minimum atomic E-state index is -4.40. The maximum absolute atomic E-state index is 13.4. The molecular formula is C24H23F3N2O3. The number of piperidine rings is 1. The summed E-state index contributed by atoms with van der Waals surface area (Å²) in [6.45, 7) is 0.693. The van der Waals surface area contributed by atoms with E-state index in [1.54, 1.807) is 41.3 Å². The first-order valence-corrected chi connectivity index (χ1v) is 10.6. The van der Waals surface area contributed by atoms with Crippen LogP contribution in [0.25, 0.3) is 0 Å². The molecule has 0 aliphatic carbocycles. The van der Waals surface area contributed by atoms with E-state index in [2.05, 4.69) is 0 Å². The van der Waals surface area contributed by atoms with E-state index in [0.717, 1.165) is 11.0 Å². The lowest BCUT2D eigenvalue weighted by Crippen LogP contribution is -2.47. The first kappa shape index (κ1) is 22.0. The Hall–Kier alpha value is -3.16. The Morgan fingerprint density at radius 1 is 0.906 bits per heavy atom. The lowest BCUT2D eigenvalue weighted by Gasteiger charge is -2.36. The summed E-state index contributed by atoms with van der Waals surface area (Å²) in [5.74, 6) is -1.15. The van der Waals surface area contributed by atoms with Crippen molar-refractivity contribution in [1.82, 2.24) is 9.80 Å². The topological polar surface area (TPSA) is 57.7 Å². The zero-order chi connectivity index (χ0) is 22.9. The summed E-state index contributed by atoms with van der Waals surface area (Å²) in [6, 6.07) is 13.0. The van der Waals surface area contributed by atoms with Crippen molar-refractivity contribution in [2.45, 2.75) is 43.8 Å². The third-order valence-corrected chi connectivity index (χ3v) is 6.19. The van der Waals surface area contributed by atoms with E-state index in [0.29, 0.717) is 37.1 Å². The van der Waals surface area contributed by atoms with Crippen molar-refractivity contribution in [3.63, 3.8) is 0 Å². The molecule has 2 fully saturated rings. The van der Waals surface area contributed by atoms with Crippen molar-refractivity contribution in [2.75, 3.05) is 13.1 Å². The summed E-state index contributed by atoms with van der Waals surface area (Å²) in [5.41, 5.74) is 0.501. The molecule has 2 aromatic rings. The number of halogens is 3. The van der Waals surface area contributed by atoms with Gasteiger partial charge in [0.15, 0.2) is 0 Å². The molecule has 0 aromatic heterocycles. The Morgan fingerprint density at radius 3 is 2.12 bits per heavy atom. The van der Waals surface area contributed by atoms with Crippen molar-refractivity contribution in [1.29, 1.82) is 0 Å². The number of hydrogen-bond acceptors (Lipinski definition) is 3. The number of nitrogens with zero attached hydrogens (tertiary/aromatic N) is 2. The standard InChI is InChI=1S/C24H23F3N2O3/c25-24(26,27)19-8-4-7-18(15-19)16-11-13-28(14-12-16)23(32)22(17-5-2-1-3-6-17)29-20(30)9-10-21(29)31/h1-8,15-16,22H,9-14H2. The smallest absolute Gasteiger partial charge is 0.341 e. The van der Waals surface area contributed by atoms with Crippen LogP contribution in [0.2, 0.25) is 0 Å². The lowest BCUT2D eigenvalue weighted by molar-refractivity contribution is -0.151. The number of amides is 3. The fraction of sp³-hybridized carbons (Fsp3) is 0.375. The summed E-state index contributed by atoms with van der Waals surface area (Å²) in [7, 11) is 0. The van der Waals surface area contributed by atoms with Crippen LogP contribution in [0.1, 0.15) is 54.3 Å². The van der Waals surface area contributed by atoms with Crippen LogP contribution in [0.3, 0.4) is 0 Å². The van der Waals surface area contributed by atoms with E-state index in [4.69, 9.17) is 0 Å². The number of likely N-dealkylation sites (tertiary alicyclic amines) is 2. The molecular weight excluding hydrogens is 421 g/mol. The molecule has 1 unspecified atom stereocenters. The average molecular weight is 444 g/mol. The van der Waals surface area contributed by atoms with Crippen LogP contribution in [-0.4, -0.2) is 40.6 Å². The second-order valence-corrected chi connectivity index (χ2v) is 8.19. The maximum Gasteiger partial charge on any atom is 0.416 e. The summed E-state index contributed by atoms with van der Waals surface area (Å²) in [4.78, 5) is 40.9. The van der Waals surface area contributed by atoms with E-state index in [-0.39, 0.29) is 36.5 Å². The van der Waals surface area contributed by atoms with E-state index in [1.807, 2.05) is 0 Å². The number of hydrogen-bond donors (Lipinski definition) is 0. The Bertz CT molecular complexity index is 999. The highest BCUT2D eigenvalue weighted by atomic mass is 19.4. The molecule has 1 atom stereocenters. The number of alkyl halides is 3. The van der Waals surface area contributed by atoms with Gasteiger partial charge in [-0.2, -0.15) is 13.2 Å². The Labute approximate surface area is 183 Å². The first-order valence-electron chi connectivity index (χ1n) is 10.6. The van der Waals surface area contributed by atoms with Gasteiger partial charge in [0, 0.05) is 25.9 Å². The summed E-state index contributed by atoms with van der Waals surface area (Å²) < 4.78 is 39.2. The molecule has 2 saturated heterocycles. The fourth-order valence-corrected chi connectivity index (χ4v) is 4.49. The second kappa shape index (κ2) is 8.76. The molecule has 3 amide bonds. The molecule has 0 saturated carbocycles. The number of imide groups is 1. The van der Waals surface area contributed by atoms with Crippen LogP contribution in [0.5, 0.6) is 0 Å². The molecule has 168 valence electrons. The molecule has 0 N–H and O–H groups in total. The third-order valence-electron chi connectivity index (χ3n) is 6.19. The normalized spacial score (nSPS) is 18.8.